The molecule has 0 spiro atoms. The van der Waals surface area contributed by atoms with E-state index >= 15 is 0 Å². The maximum Gasteiger partial charge on any atom is 0.141 e. The molecule has 2 nitrogen and oxygen atoms in total. The molecule has 1 heterocycles. The Balaban J connectivity index is 2.32. The van der Waals surface area contributed by atoms with Gasteiger partial charge >= 0.3 is 0 Å². The molecule has 1 aromatic heterocycles. The van der Waals surface area contributed by atoms with E-state index in [1.807, 2.05) is 18.2 Å². The Bertz CT molecular complexity index is 744. The zero-order valence-corrected chi connectivity index (χ0v) is 11.8. The number of nitrogens with zero attached hydrogens (tertiary/aromatic N) is 2. The normalized spacial score (nSPS) is 11.1. The quantitative estimate of drug-likeness (QED) is 0.661. The molecule has 0 saturated heterocycles. The fourth-order valence-corrected chi connectivity index (χ4v) is 2.62. The molecule has 0 bridgehead atoms. The summed E-state index contributed by atoms with van der Waals surface area (Å²) in [4.78, 5) is 4.75. The van der Waals surface area contributed by atoms with Gasteiger partial charge in [0.15, 0.2) is 0 Å². The second-order valence-electron chi connectivity index (χ2n) is 4.63. The van der Waals surface area contributed by atoms with Crippen LogP contribution < -0.4 is 0 Å². The Labute approximate surface area is 117 Å². The van der Waals surface area contributed by atoms with Crippen LogP contribution in [0.25, 0.3) is 22.4 Å². The largest absolute Gasteiger partial charge is 0.324 e. The topological polar surface area (TPSA) is 17.8 Å². The van der Waals surface area contributed by atoms with E-state index in [0.29, 0.717) is 0 Å². The molecule has 0 aliphatic carbocycles. The fourth-order valence-electron chi connectivity index (χ4n) is 2.45. The van der Waals surface area contributed by atoms with Gasteiger partial charge in [0.2, 0.25) is 0 Å². The third-order valence-corrected chi connectivity index (χ3v) is 3.65. The Hall–Kier alpha value is -1.80. The molecule has 2 aromatic carbocycles. The van der Waals surface area contributed by atoms with Crippen molar-refractivity contribution in [3.8, 4) is 11.4 Å². The predicted octanol–water partition coefficient (Wildman–Crippen LogP) is 4.69. The van der Waals surface area contributed by atoms with Crippen molar-refractivity contribution in [2.45, 2.75) is 20.4 Å². The van der Waals surface area contributed by atoms with E-state index in [1.54, 1.807) is 0 Å². The van der Waals surface area contributed by atoms with Gasteiger partial charge in [-0.05, 0) is 37.6 Å². The lowest BCUT2D eigenvalue weighted by atomic mass is 10.1. The summed E-state index contributed by atoms with van der Waals surface area (Å²) in [6.45, 7) is 5.14. The van der Waals surface area contributed by atoms with Crippen LogP contribution in [-0.4, -0.2) is 9.55 Å². The summed E-state index contributed by atoms with van der Waals surface area (Å²) in [6, 6.07) is 14.2. The van der Waals surface area contributed by atoms with Crippen LogP contribution in [0, 0.1) is 6.92 Å². The Kier molecular flexibility index (Phi) is 3.03. The van der Waals surface area contributed by atoms with Crippen LogP contribution in [0.4, 0.5) is 0 Å². The van der Waals surface area contributed by atoms with Crippen LogP contribution in [0.3, 0.4) is 0 Å². The van der Waals surface area contributed by atoms with Gasteiger partial charge in [0.05, 0.1) is 11.0 Å². The van der Waals surface area contributed by atoms with Crippen LogP contribution in [0.2, 0.25) is 5.02 Å². The molecule has 19 heavy (non-hydrogen) atoms. The van der Waals surface area contributed by atoms with Crippen LogP contribution in [0.15, 0.2) is 42.5 Å². The highest BCUT2D eigenvalue weighted by molar-refractivity contribution is 6.31. The summed E-state index contributed by atoms with van der Waals surface area (Å²) in [7, 11) is 0. The van der Waals surface area contributed by atoms with Gasteiger partial charge in [-0.15, -0.1) is 0 Å². The molecule has 0 unspecified atom stereocenters. The highest BCUT2D eigenvalue weighted by Gasteiger charge is 2.12. The standard InChI is InChI=1S/C16H15ClN2/c1-3-19-15-9-8-12(17)10-14(15)18-16(19)13-7-5-4-6-11(13)2/h4-10H,3H2,1-2H3. The van der Waals surface area contributed by atoms with E-state index in [-0.39, 0.29) is 0 Å². The molecule has 0 atom stereocenters. The third-order valence-electron chi connectivity index (χ3n) is 3.41. The molecule has 0 radical (unpaired) electrons. The number of aromatic nitrogens is 2. The third kappa shape index (κ3) is 2.02. The summed E-state index contributed by atoms with van der Waals surface area (Å²) in [5, 5.41) is 0.726. The SMILES string of the molecule is CCn1c(-c2ccccc2C)nc2cc(Cl)ccc21. The number of benzene rings is 2. The smallest absolute Gasteiger partial charge is 0.141 e. The second-order valence-corrected chi connectivity index (χ2v) is 5.06. The first-order valence-corrected chi connectivity index (χ1v) is 6.80. The van der Waals surface area contributed by atoms with Crippen molar-refractivity contribution in [1.29, 1.82) is 0 Å². The first-order chi connectivity index (χ1) is 9.20. The van der Waals surface area contributed by atoms with E-state index < -0.39 is 0 Å². The molecular formula is C16H15ClN2. The summed E-state index contributed by atoms with van der Waals surface area (Å²) in [5.74, 6) is 1.01. The summed E-state index contributed by atoms with van der Waals surface area (Å²) in [5.41, 5.74) is 4.49. The van der Waals surface area contributed by atoms with Crippen molar-refractivity contribution in [3.63, 3.8) is 0 Å². The monoisotopic (exact) mass is 270 g/mol. The molecule has 96 valence electrons. The lowest BCUT2D eigenvalue weighted by Gasteiger charge is -2.08. The van der Waals surface area contributed by atoms with Crippen molar-refractivity contribution in [3.05, 3.63) is 53.1 Å². The molecule has 0 amide bonds. The van der Waals surface area contributed by atoms with Crippen molar-refractivity contribution in [2.24, 2.45) is 0 Å². The minimum absolute atomic E-state index is 0.726. The van der Waals surface area contributed by atoms with Gasteiger partial charge in [-0.2, -0.15) is 0 Å². The van der Waals surface area contributed by atoms with Crippen LogP contribution in [0.1, 0.15) is 12.5 Å². The van der Waals surface area contributed by atoms with Crippen LogP contribution >= 0.6 is 11.6 Å². The highest BCUT2D eigenvalue weighted by Crippen LogP contribution is 2.28. The van der Waals surface area contributed by atoms with E-state index in [1.165, 1.54) is 11.1 Å². The predicted molar refractivity (Wildman–Crippen MR) is 80.6 cm³/mol. The van der Waals surface area contributed by atoms with E-state index in [9.17, 15) is 0 Å². The number of fused-ring (bicyclic) bond motifs is 1. The highest BCUT2D eigenvalue weighted by atomic mass is 35.5. The number of imidazole rings is 1. The number of hydrogen-bond donors (Lipinski definition) is 0. The number of rotatable bonds is 2. The maximum atomic E-state index is 6.05. The van der Waals surface area contributed by atoms with Gasteiger partial charge in [-0.3, -0.25) is 0 Å². The van der Waals surface area contributed by atoms with Gasteiger partial charge in [0.1, 0.15) is 5.82 Å². The lowest BCUT2D eigenvalue weighted by molar-refractivity contribution is 0.796. The molecule has 3 rings (SSSR count). The van der Waals surface area contributed by atoms with E-state index in [0.717, 1.165) is 28.4 Å². The van der Waals surface area contributed by atoms with Gasteiger partial charge in [-0.1, -0.05) is 35.9 Å². The minimum atomic E-state index is 0.726. The van der Waals surface area contributed by atoms with Crippen molar-refractivity contribution >= 4 is 22.6 Å². The van der Waals surface area contributed by atoms with Crippen molar-refractivity contribution in [1.82, 2.24) is 9.55 Å². The first kappa shape index (κ1) is 12.2. The van der Waals surface area contributed by atoms with Gasteiger partial charge in [-0.25, -0.2) is 4.98 Å². The summed E-state index contributed by atoms with van der Waals surface area (Å²) in [6.07, 6.45) is 0. The van der Waals surface area contributed by atoms with Crippen LogP contribution in [-0.2, 0) is 6.54 Å². The maximum absolute atomic E-state index is 6.05. The number of aryl methyl sites for hydroxylation is 2. The lowest BCUT2D eigenvalue weighted by Crippen LogP contribution is -1.98. The number of halogens is 1. The van der Waals surface area contributed by atoms with E-state index in [2.05, 4.69) is 42.7 Å². The second kappa shape index (κ2) is 4.71. The van der Waals surface area contributed by atoms with Gasteiger partial charge in [0.25, 0.3) is 0 Å². The van der Waals surface area contributed by atoms with Gasteiger partial charge < -0.3 is 4.57 Å². The van der Waals surface area contributed by atoms with E-state index in [4.69, 9.17) is 16.6 Å². The Morgan fingerprint density at radius 1 is 1.16 bits per heavy atom. The molecule has 0 aliphatic heterocycles. The first-order valence-electron chi connectivity index (χ1n) is 6.42. The molecule has 0 N–H and O–H groups in total. The Morgan fingerprint density at radius 3 is 2.68 bits per heavy atom. The summed E-state index contributed by atoms with van der Waals surface area (Å²) < 4.78 is 2.23. The molecular weight excluding hydrogens is 256 g/mol. The Morgan fingerprint density at radius 2 is 1.95 bits per heavy atom. The molecule has 0 fully saturated rings. The van der Waals surface area contributed by atoms with Crippen LogP contribution in [0.5, 0.6) is 0 Å². The molecule has 0 saturated carbocycles. The van der Waals surface area contributed by atoms with Crippen molar-refractivity contribution in [2.75, 3.05) is 0 Å². The molecule has 3 aromatic rings. The average Bonchev–Trinajstić information content (AvgIpc) is 2.76. The minimum Gasteiger partial charge on any atom is -0.324 e. The fraction of sp³-hybridized carbons (Fsp3) is 0.188. The zero-order valence-electron chi connectivity index (χ0n) is 11.0. The summed E-state index contributed by atoms with van der Waals surface area (Å²) >= 11 is 6.05. The molecule has 3 heteroatoms. The van der Waals surface area contributed by atoms with Gasteiger partial charge in [0, 0.05) is 17.1 Å². The zero-order chi connectivity index (χ0) is 13.4. The average molecular weight is 271 g/mol. The number of hydrogen-bond acceptors (Lipinski definition) is 1. The van der Waals surface area contributed by atoms with Crippen molar-refractivity contribution < 1.29 is 0 Å². The molecule has 0 aliphatic rings.